The number of carbonyl (C=O) groups excluding carboxylic acids is 1. The number of nitro groups is 1. The highest BCUT2D eigenvalue weighted by Gasteiger charge is 2.21. The fourth-order valence-electron chi connectivity index (χ4n) is 2.61. The van der Waals surface area contributed by atoms with E-state index in [1.165, 1.54) is 17.7 Å². The lowest BCUT2D eigenvalue weighted by Gasteiger charge is -2.26. The maximum Gasteiger partial charge on any atom is 0.269 e. The number of nitrogens with zero attached hydrogens (tertiary/aromatic N) is 2. The summed E-state index contributed by atoms with van der Waals surface area (Å²) in [6.45, 7) is 8.24. The van der Waals surface area contributed by atoms with Crippen molar-refractivity contribution in [3.8, 4) is 0 Å². The van der Waals surface area contributed by atoms with Crippen molar-refractivity contribution in [2.75, 3.05) is 7.05 Å². The zero-order valence-corrected chi connectivity index (χ0v) is 15.3. The van der Waals surface area contributed by atoms with Crippen LogP contribution < -0.4 is 0 Å². The molecule has 0 radical (unpaired) electrons. The summed E-state index contributed by atoms with van der Waals surface area (Å²) >= 11 is 0. The second-order valence-electron chi connectivity index (χ2n) is 7.27. The Morgan fingerprint density at radius 2 is 1.72 bits per heavy atom. The first-order valence-electron chi connectivity index (χ1n) is 8.23. The van der Waals surface area contributed by atoms with Crippen molar-refractivity contribution in [1.29, 1.82) is 0 Å². The summed E-state index contributed by atoms with van der Waals surface area (Å²) in [5.41, 5.74) is 2.56. The van der Waals surface area contributed by atoms with Gasteiger partial charge in [-0.05, 0) is 35.6 Å². The number of benzene rings is 2. The number of non-ortho nitro benzene ring substituents is 1. The second kappa shape index (κ2) is 7.05. The average Bonchev–Trinajstić information content (AvgIpc) is 2.59. The van der Waals surface area contributed by atoms with E-state index in [4.69, 9.17) is 0 Å². The van der Waals surface area contributed by atoms with Gasteiger partial charge in [0, 0.05) is 24.7 Å². The third-order valence-electron chi connectivity index (χ3n) is 4.46. The van der Waals surface area contributed by atoms with Crippen molar-refractivity contribution in [3.63, 3.8) is 0 Å². The van der Waals surface area contributed by atoms with E-state index in [-0.39, 0.29) is 23.1 Å². The number of nitro benzene ring substituents is 1. The molecule has 0 fully saturated rings. The van der Waals surface area contributed by atoms with Crippen molar-refractivity contribution in [1.82, 2.24) is 4.90 Å². The molecule has 0 saturated heterocycles. The van der Waals surface area contributed by atoms with Crippen LogP contribution in [0, 0.1) is 10.1 Å². The van der Waals surface area contributed by atoms with E-state index in [0.717, 1.165) is 5.56 Å². The van der Waals surface area contributed by atoms with Crippen LogP contribution in [0.3, 0.4) is 0 Å². The van der Waals surface area contributed by atoms with E-state index >= 15 is 0 Å². The molecule has 1 atom stereocenters. The van der Waals surface area contributed by atoms with Gasteiger partial charge in [0.15, 0.2) is 0 Å². The molecule has 2 aromatic rings. The molecule has 0 aliphatic carbocycles. The standard InChI is InChI=1S/C20H24N2O3/c1-14(16-7-6-8-18(13-16)22(24)25)21(5)19(23)15-9-11-17(12-10-15)20(2,3)4/h6-14H,1-5H3/t14-/m0/s1. The van der Waals surface area contributed by atoms with Gasteiger partial charge in [-0.1, -0.05) is 45.0 Å². The quantitative estimate of drug-likeness (QED) is 0.597. The Morgan fingerprint density at radius 3 is 2.24 bits per heavy atom. The summed E-state index contributed by atoms with van der Waals surface area (Å²) in [6.07, 6.45) is 0. The van der Waals surface area contributed by atoms with Crippen molar-refractivity contribution in [2.45, 2.75) is 39.2 Å². The highest BCUT2D eigenvalue weighted by atomic mass is 16.6. The molecule has 0 unspecified atom stereocenters. The Morgan fingerprint density at radius 1 is 1.12 bits per heavy atom. The van der Waals surface area contributed by atoms with Crippen molar-refractivity contribution >= 4 is 11.6 Å². The molecule has 2 aromatic carbocycles. The summed E-state index contributed by atoms with van der Waals surface area (Å²) in [5, 5.41) is 10.9. The Hall–Kier alpha value is -2.69. The fraction of sp³-hybridized carbons (Fsp3) is 0.350. The molecule has 0 N–H and O–H groups in total. The molecular formula is C20H24N2O3. The largest absolute Gasteiger partial charge is 0.335 e. The molecule has 0 saturated carbocycles. The van der Waals surface area contributed by atoms with E-state index in [0.29, 0.717) is 5.56 Å². The summed E-state index contributed by atoms with van der Waals surface area (Å²) < 4.78 is 0. The van der Waals surface area contributed by atoms with E-state index in [9.17, 15) is 14.9 Å². The van der Waals surface area contributed by atoms with Gasteiger partial charge < -0.3 is 4.90 Å². The molecule has 1 amide bonds. The lowest BCUT2D eigenvalue weighted by molar-refractivity contribution is -0.384. The lowest BCUT2D eigenvalue weighted by atomic mass is 9.86. The van der Waals surface area contributed by atoms with Gasteiger partial charge >= 0.3 is 0 Å². The maximum absolute atomic E-state index is 12.7. The van der Waals surface area contributed by atoms with Gasteiger partial charge in [-0.3, -0.25) is 14.9 Å². The molecule has 5 nitrogen and oxygen atoms in total. The van der Waals surface area contributed by atoms with Gasteiger partial charge in [0.25, 0.3) is 11.6 Å². The average molecular weight is 340 g/mol. The molecule has 5 heteroatoms. The number of rotatable bonds is 4. The number of hydrogen-bond donors (Lipinski definition) is 0. The highest BCUT2D eigenvalue weighted by molar-refractivity contribution is 5.94. The molecule has 132 valence electrons. The van der Waals surface area contributed by atoms with Crippen LogP contribution >= 0.6 is 0 Å². The molecule has 0 aromatic heterocycles. The van der Waals surface area contributed by atoms with Crippen LogP contribution in [-0.2, 0) is 5.41 Å². The van der Waals surface area contributed by atoms with Crippen molar-refractivity contribution in [2.24, 2.45) is 0 Å². The first-order chi connectivity index (χ1) is 11.6. The van der Waals surface area contributed by atoms with E-state index in [1.807, 2.05) is 31.2 Å². The Balaban J connectivity index is 2.21. The summed E-state index contributed by atoms with van der Waals surface area (Å²) in [7, 11) is 1.71. The van der Waals surface area contributed by atoms with Gasteiger partial charge in [-0.2, -0.15) is 0 Å². The SMILES string of the molecule is C[C@@H](c1cccc([N+](=O)[O-])c1)N(C)C(=O)c1ccc(C(C)(C)C)cc1. The van der Waals surface area contributed by atoms with E-state index in [1.54, 1.807) is 24.1 Å². The van der Waals surface area contributed by atoms with Gasteiger partial charge in [-0.15, -0.1) is 0 Å². The molecule has 0 aliphatic heterocycles. The first kappa shape index (κ1) is 18.6. The van der Waals surface area contributed by atoms with E-state index in [2.05, 4.69) is 20.8 Å². The van der Waals surface area contributed by atoms with Crippen LogP contribution in [0.5, 0.6) is 0 Å². The van der Waals surface area contributed by atoms with E-state index < -0.39 is 4.92 Å². The minimum absolute atomic E-state index is 0.0275. The molecule has 2 rings (SSSR count). The summed E-state index contributed by atoms with van der Waals surface area (Å²) in [6, 6.07) is 13.7. The predicted octanol–water partition coefficient (Wildman–Crippen LogP) is 4.73. The lowest BCUT2D eigenvalue weighted by Crippen LogP contribution is -2.29. The maximum atomic E-state index is 12.7. The normalized spacial score (nSPS) is 12.5. The van der Waals surface area contributed by atoms with Crippen LogP contribution in [-0.4, -0.2) is 22.8 Å². The fourth-order valence-corrected chi connectivity index (χ4v) is 2.61. The minimum Gasteiger partial charge on any atom is -0.335 e. The topological polar surface area (TPSA) is 63.5 Å². The zero-order valence-electron chi connectivity index (χ0n) is 15.3. The van der Waals surface area contributed by atoms with Gasteiger partial charge in [0.2, 0.25) is 0 Å². The van der Waals surface area contributed by atoms with Gasteiger partial charge in [0.05, 0.1) is 11.0 Å². The first-order valence-corrected chi connectivity index (χ1v) is 8.23. The van der Waals surface area contributed by atoms with Crippen LogP contribution in [0.2, 0.25) is 0 Å². The molecule has 0 aliphatic rings. The van der Waals surface area contributed by atoms with Crippen LogP contribution in [0.15, 0.2) is 48.5 Å². The third-order valence-corrected chi connectivity index (χ3v) is 4.46. The molecule has 0 heterocycles. The number of amides is 1. The Kier molecular flexibility index (Phi) is 5.26. The predicted molar refractivity (Wildman–Crippen MR) is 98.7 cm³/mol. The zero-order chi connectivity index (χ0) is 18.8. The van der Waals surface area contributed by atoms with Crippen molar-refractivity contribution in [3.05, 3.63) is 75.3 Å². The third kappa shape index (κ3) is 4.24. The molecule has 0 spiro atoms. The minimum atomic E-state index is -0.427. The molecule has 0 bridgehead atoms. The van der Waals surface area contributed by atoms with Crippen LogP contribution in [0.25, 0.3) is 0 Å². The second-order valence-corrected chi connectivity index (χ2v) is 7.27. The van der Waals surface area contributed by atoms with Gasteiger partial charge in [0.1, 0.15) is 0 Å². The van der Waals surface area contributed by atoms with Crippen LogP contribution in [0.1, 0.15) is 55.2 Å². The summed E-state index contributed by atoms with van der Waals surface area (Å²) in [4.78, 5) is 24.8. The monoisotopic (exact) mass is 340 g/mol. The molecular weight excluding hydrogens is 316 g/mol. The summed E-state index contributed by atoms with van der Waals surface area (Å²) in [5.74, 6) is -0.112. The highest BCUT2D eigenvalue weighted by Crippen LogP contribution is 2.26. The number of hydrogen-bond acceptors (Lipinski definition) is 3. The number of carbonyl (C=O) groups is 1. The Bertz CT molecular complexity index is 776. The molecule has 25 heavy (non-hydrogen) atoms. The Labute approximate surface area is 148 Å². The smallest absolute Gasteiger partial charge is 0.269 e. The van der Waals surface area contributed by atoms with Crippen LogP contribution in [0.4, 0.5) is 5.69 Å². The van der Waals surface area contributed by atoms with Crippen molar-refractivity contribution < 1.29 is 9.72 Å². The van der Waals surface area contributed by atoms with Gasteiger partial charge in [-0.25, -0.2) is 0 Å².